The molecule has 1 saturated heterocycles. The molecule has 28 heavy (non-hydrogen) atoms. The van der Waals surface area contributed by atoms with Crippen LogP contribution in [0.25, 0.3) is 0 Å². The van der Waals surface area contributed by atoms with Crippen LogP contribution in [0.4, 0.5) is 5.95 Å². The second-order valence-corrected chi connectivity index (χ2v) is 9.15. The number of sulfonamides is 1. The second-order valence-electron chi connectivity index (χ2n) is 7.00. The second kappa shape index (κ2) is 8.66. The zero-order valence-corrected chi connectivity index (χ0v) is 16.9. The summed E-state index contributed by atoms with van der Waals surface area (Å²) in [5.41, 5.74) is 0.452. The lowest BCUT2D eigenvalue weighted by Crippen LogP contribution is -2.39. The molecule has 0 radical (unpaired) electrons. The zero-order chi connectivity index (χ0) is 20.1. The first-order valence-electron chi connectivity index (χ1n) is 9.20. The summed E-state index contributed by atoms with van der Waals surface area (Å²) < 4.78 is 25.3. The summed E-state index contributed by atoms with van der Waals surface area (Å²) >= 11 is 0. The van der Waals surface area contributed by atoms with Gasteiger partial charge in [0.2, 0.25) is 16.0 Å². The predicted molar refractivity (Wildman–Crippen MR) is 107 cm³/mol. The van der Waals surface area contributed by atoms with Crippen LogP contribution in [0.3, 0.4) is 0 Å². The van der Waals surface area contributed by atoms with Crippen molar-refractivity contribution >= 4 is 21.9 Å². The fourth-order valence-electron chi connectivity index (χ4n) is 3.12. The van der Waals surface area contributed by atoms with Crippen LogP contribution in [0.5, 0.6) is 0 Å². The van der Waals surface area contributed by atoms with Crippen molar-refractivity contribution in [2.45, 2.75) is 17.7 Å². The summed E-state index contributed by atoms with van der Waals surface area (Å²) in [6.07, 6.45) is 5.39. The number of hydrogen-bond donors (Lipinski definition) is 1. The van der Waals surface area contributed by atoms with Crippen LogP contribution in [0.2, 0.25) is 0 Å². The third-order valence-corrected chi connectivity index (χ3v) is 6.73. The van der Waals surface area contributed by atoms with E-state index in [4.69, 9.17) is 0 Å². The van der Waals surface area contributed by atoms with E-state index in [0.717, 1.165) is 36.2 Å². The lowest BCUT2D eigenvalue weighted by Gasteiger charge is -2.31. The van der Waals surface area contributed by atoms with Gasteiger partial charge in [-0.15, -0.1) is 0 Å². The minimum absolute atomic E-state index is 0.171. The van der Waals surface area contributed by atoms with Gasteiger partial charge in [0.1, 0.15) is 0 Å². The summed E-state index contributed by atoms with van der Waals surface area (Å²) in [6.45, 7) is 2.32. The lowest BCUT2D eigenvalue weighted by molar-refractivity contribution is 0.0944. The molecule has 0 spiro atoms. The summed E-state index contributed by atoms with van der Waals surface area (Å²) in [6, 6.07) is 7.81. The Labute approximate surface area is 165 Å². The van der Waals surface area contributed by atoms with Crippen LogP contribution in [-0.2, 0) is 10.0 Å². The molecular formula is C19H25N5O3S. The number of benzene rings is 1. The minimum Gasteiger partial charge on any atom is -0.352 e. The van der Waals surface area contributed by atoms with Crippen molar-refractivity contribution < 1.29 is 13.2 Å². The van der Waals surface area contributed by atoms with E-state index in [-0.39, 0.29) is 10.8 Å². The van der Waals surface area contributed by atoms with Crippen LogP contribution in [0, 0.1) is 5.92 Å². The third kappa shape index (κ3) is 4.66. The number of aromatic nitrogens is 2. The van der Waals surface area contributed by atoms with E-state index in [9.17, 15) is 13.2 Å². The lowest BCUT2D eigenvalue weighted by atomic mass is 9.97. The van der Waals surface area contributed by atoms with Gasteiger partial charge in [0.05, 0.1) is 4.90 Å². The van der Waals surface area contributed by atoms with E-state index in [1.54, 1.807) is 30.6 Å². The van der Waals surface area contributed by atoms with E-state index in [2.05, 4.69) is 20.2 Å². The quantitative estimate of drug-likeness (QED) is 0.783. The number of piperidine rings is 1. The summed E-state index contributed by atoms with van der Waals surface area (Å²) in [4.78, 5) is 23.2. The fraction of sp³-hybridized carbons (Fsp3) is 0.421. The Bertz CT molecular complexity index is 893. The van der Waals surface area contributed by atoms with Crippen LogP contribution in [0.15, 0.2) is 47.6 Å². The number of amides is 1. The van der Waals surface area contributed by atoms with E-state index < -0.39 is 10.0 Å². The number of carbonyl (C=O) groups is 1. The Morgan fingerprint density at radius 3 is 2.32 bits per heavy atom. The van der Waals surface area contributed by atoms with Gasteiger partial charge in [-0.25, -0.2) is 22.7 Å². The number of anilines is 1. The van der Waals surface area contributed by atoms with Crippen LogP contribution >= 0.6 is 0 Å². The summed E-state index contributed by atoms with van der Waals surface area (Å²) in [5.74, 6) is 0.956. The third-order valence-electron chi connectivity index (χ3n) is 4.90. The van der Waals surface area contributed by atoms with Crippen molar-refractivity contribution in [2.75, 3.05) is 38.6 Å². The Hall–Kier alpha value is -2.52. The molecule has 3 rings (SSSR count). The van der Waals surface area contributed by atoms with Crippen LogP contribution in [-0.4, -0.2) is 62.3 Å². The Morgan fingerprint density at radius 1 is 1.14 bits per heavy atom. The van der Waals surface area contributed by atoms with Gasteiger partial charge in [-0.05, 0) is 49.1 Å². The van der Waals surface area contributed by atoms with Gasteiger partial charge in [0, 0.05) is 51.7 Å². The molecule has 1 aliphatic heterocycles. The Kier molecular flexibility index (Phi) is 6.25. The van der Waals surface area contributed by atoms with Gasteiger partial charge in [-0.1, -0.05) is 0 Å². The molecule has 2 heterocycles. The SMILES string of the molecule is CN(C)S(=O)(=O)c1ccc(C(=O)NCC2CCN(c3ncccn3)CC2)cc1. The molecule has 0 unspecified atom stereocenters. The smallest absolute Gasteiger partial charge is 0.251 e. The normalized spacial score (nSPS) is 15.6. The maximum atomic E-state index is 12.4. The molecule has 9 heteroatoms. The number of rotatable bonds is 6. The van der Waals surface area contributed by atoms with Crippen molar-refractivity contribution in [3.05, 3.63) is 48.3 Å². The van der Waals surface area contributed by atoms with E-state index in [0.29, 0.717) is 18.0 Å². The summed E-state index contributed by atoms with van der Waals surface area (Å²) in [5, 5.41) is 2.96. The van der Waals surface area contributed by atoms with Crippen molar-refractivity contribution in [3.63, 3.8) is 0 Å². The van der Waals surface area contributed by atoms with Crippen molar-refractivity contribution in [1.29, 1.82) is 0 Å². The van der Waals surface area contributed by atoms with Crippen LogP contribution in [0.1, 0.15) is 23.2 Å². The molecule has 1 fully saturated rings. The van der Waals surface area contributed by atoms with Crippen molar-refractivity contribution in [1.82, 2.24) is 19.6 Å². The topological polar surface area (TPSA) is 95.5 Å². The highest BCUT2D eigenvalue weighted by molar-refractivity contribution is 7.89. The largest absolute Gasteiger partial charge is 0.352 e. The maximum absolute atomic E-state index is 12.4. The zero-order valence-electron chi connectivity index (χ0n) is 16.1. The first kappa shape index (κ1) is 20.2. The molecular weight excluding hydrogens is 378 g/mol. The van der Waals surface area contributed by atoms with Gasteiger partial charge in [0.25, 0.3) is 5.91 Å². The molecule has 0 aliphatic carbocycles. The summed E-state index contributed by atoms with van der Waals surface area (Å²) in [7, 11) is -0.535. The highest BCUT2D eigenvalue weighted by Crippen LogP contribution is 2.20. The first-order valence-corrected chi connectivity index (χ1v) is 10.6. The molecule has 2 aromatic rings. The van der Waals surface area contributed by atoms with Gasteiger partial charge in [-0.3, -0.25) is 4.79 Å². The van der Waals surface area contributed by atoms with E-state index in [1.807, 2.05) is 0 Å². The van der Waals surface area contributed by atoms with Crippen LogP contribution < -0.4 is 10.2 Å². The number of hydrogen-bond acceptors (Lipinski definition) is 6. The van der Waals surface area contributed by atoms with E-state index >= 15 is 0 Å². The first-order chi connectivity index (χ1) is 13.4. The average molecular weight is 404 g/mol. The molecule has 150 valence electrons. The molecule has 0 bridgehead atoms. The van der Waals surface area contributed by atoms with Gasteiger partial charge >= 0.3 is 0 Å². The van der Waals surface area contributed by atoms with Gasteiger partial charge in [-0.2, -0.15) is 0 Å². The maximum Gasteiger partial charge on any atom is 0.251 e. The van der Waals surface area contributed by atoms with Crippen molar-refractivity contribution in [2.24, 2.45) is 5.92 Å². The highest BCUT2D eigenvalue weighted by Gasteiger charge is 2.22. The Balaban J connectivity index is 1.50. The molecule has 1 N–H and O–H groups in total. The Morgan fingerprint density at radius 2 is 1.75 bits per heavy atom. The standard InChI is InChI=1S/C19H25N5O3S/c1-23(2)28(26,27)17-6-4-16(5-7-17)18(25)22-14-15-8-12-24(13-9-15)19-20-10-3-11-21-19/h3-7,10-11,15H,8-9,12-14H2,1-2H3,(H,22,25). The van der Waals surface area contributed by atoms with Crippen molar-refractivity contribution in [3.8, 4) is 0 Å². The highest BCUT2D eigenvalue weighted by atomic mass is 32.2. The van der Waals surface area contributed by atoms with Gasteiger partial charge < -0.3 is 10.2 Å². The fourth-order valence-corrected chi connectivity index (χ4v) is 4.02. The minimum atomic E-state index is -3.49. The average Bonchev–Trinajstić information content (AvgIpc) is 2.73. The van der Waals surface area contributed by atoms with E-state index in [1.165, 1.54) is 26.2 Å². The number of nitrogens with one attached hydrogen (secondary N) is 1. The number of nitrogens with zero attached hydrogens (tertiary/aromatic N) is 4. The van der Waals surface area contributed by atoms with Gasteiger partial charge in [0.15, 0.2) is 0 Å². The molecule has 1 aliphatic rings. The molecule has 0 atom stereocenters. The molecule has 1 aromatic heterocycles. The molecule has 1 aromatic carbocycles. The molecule has 0 saturated carbocycles. The monoisotopic (exact) mass is 403 g/mol. The molecule has 8 nitrogen and oxygen atoms in total. The molecule has 1 amide bonds. The number of carbonyl (C=O) groups excluding carboxylic acids is 1. The predicted octanol–water partition coefficient (Wildman–Crippen LogP) is 1.37.